The van der Waals surface area contributed by atoms with Crippen LogP contribution in [0.15, 0.2) is 22.3 Å². The predicted molar refractivity (Wildman–Crippen MR) is 65.2 cm³/mol. The maximum atomic E-state index is 6.30. The summed E-state index contributed by atoms with van der Waals surface area (Å²) in [6.45, 7) is 10.7. The van der Waals surface area contributed by atoms with E-state index in [0.717, 1.165) is 0 Å². The molecule has 80 valence electrons. The molecule has 0 unspecified atom stereocenters. The summed E-state index contributed by atoms with van der Waals surface area (Å²) in [5.74, 6) is 0.577. The van der Waals surface area contributed by atoms with Crippen molar-refractivity contribution >= 4 is 23.2 Å². The SMILES string of the molecule is CC1=C(C)[C@](C)([C@@H](C)Cl)C(CCl)=C1C. The van der Waals surface area contributed by atoms with Crippen molar-refractivity contribution in [1.82, 2.24) is 0 Å². The first-order valence-corrected chi connectivity index (χ1v) is 5.93. The molecule has 0 heterocycles. The molecule has 0 aliphatic heterocycles. The van der Waals surface area contributed by atoms with Gasteiger partial charge in [0.2, 0.25) is 0 Å². The number of alkyl halides is 2. The van der Waals surface area contributed by atoms with E-state index < -0.39 is 0 Å². The van der Waals surface area contributed by atoms with Crippen LogP contribution >= 0.6 is 23.2 Å². The van der Waals surface area contributed by atoms with Crippen molar-refractivity contribution in [2.24, 2.45) is 5.41 Å². The lowest BCUT2D eigenvalue weighted by atomic mass is 9.77. The third-order valence-electron chi connectivity index (χ3n) is 3.91. The van der Waals surface area contributed by atoms with E-state index >= 15 is 0 Å². The van der Waals surface area contributed by atoms with E-state index in [9.17, 15) is 0 Å². The van der Waals surface area contributed by atoms with E-state index in [1.165, 1.54) is 22.3 Å². The Labute approximate surface area is 97.0 Å². The number of halogens is 2. The van der Waals surface area contributed by atoms with Crippen molar-refractivity contribution in [3.8, 4) is 0 Å². The largest absolute Gasteiger partial charge is 0.122 e. The first kappa shape index (κ1) is 12.1. The van der Waals surface area contributed by atoms with Crippen LogP contribution in [-0.2, 0) is 0 Å². The van der Waals surface area contributed by atoms with Crippen molar-refractivity contribution in [2.45, 2.75) is 40.0 Å². The van der Waals surface area contributed by atoms with Crippen LogP contribution in [0.5, 0.6) is 0 Å². The van der Waals surface area contributed by atoms with Gasteiger partial charge in [-0.25, -0.2) is 0 Å². The number of hydrogen-bond donors (Lipinski definition) is 0. The molecule has 2 atom stereocenters. The Morgan fingerprint density at radius 3 is 2.00 bits per heavy atom. The Bertz CT molecular complexity index is 310. The fourth-order valence-corrected chi connectivity index (χ4v) is 3.06. The van der Waals surface area contributed by atoms with Crippen LogP contribution in [0.2, 0.25) is 0 Å². The van der Waals surface area contributed by atoms with E-state index in [1.807, 2.05) is 6.92 Å². The van der Waals surface area contributed by atoms with Crippen LogP contribution in [0.1, 0.15) is 34.6 Å². The van der Waals surface area contributed by atoms with Crippen LogP contribution in [-0.4, -0.2) is 11.3 Å². The monoisotopic (exact) mass is 232 g/mol. The lowest BCUT2D eigenvalue weighted by Gasteiger charge is -2.32. The van der Waals surface area contributed by atoms with E-state index in [0.29, 0.717) is 5.88 Å². The number of allylic oxidation sites excluding steroid dienone is 4. The van der Waals surface area contributed by atoms with Crippen LogP contribution in [0.25, 0.3) is 0 Å². The summed E-state index contributed by atoms with van der Waals surface area (Å²) < 4.78 is 0. The molecule has 0 saturated carbocycles. The molecular weight excluding hydrogens is 215 g/mol. The number of rotatable bonds is 2. The van der Waals surface area contributed by atoms with Gasteiger partial charge in [-0.1, -0.05) is 12.5 Å². The van der Waals surface area contributed by atoms with Gasteiger partial charge in [0.15, 0.2) is 0 Å². The molecule has 2 heteroatoms. The second kappa shape index (κ2) is 3.90. The molecule has 14 heavy (non-hydrogen) atoms. The summed E-state index contributed by atoms with van der Waals surface area (Å²) in [5.41, 5.74) is 5.30. The van der Waals surface area contributed by atoms with Crippen molar-refractivity contribution < 1.29 is 0 Å². The van der Waals surface area contributed by atoms with Gasteiger partial charge in [-0.15, -0.1) is 23.2 Å². The maximum Gasteiger partial charge on any atom is 0.0448 e. The molecule has 1 rings (SSSR count). The van der Waals surface area contributed by atoms with Crippen molar-refractivity contribution in [1.29, 1.82) is 0 Å². The van der Waals surface area contributed by atoms with Gasteiger partial charge in [-0.05, 0) is 44.4 Å². The topological polar surface area (TPSA) is 0 Å². The molecule has 1 aliphatic carbocycles. The molecule has 0 N–H and O–H groups in total. The molecule has 0 bridgehead atoms. The van der Waals surface area contributed by atoms with Crippen LogP contribution in [0.3, 0.4) is 0 Å². The van der Waals surface area contributed by atoms with Gasteiger partial charge in [0.1, 0.15) is 0 Å². The fourth-order valence-electron chi connectivity index (χ4n) is 2.29. The zero-order valence-electron chi connectivity index (χ0n) is 9.54. The highest BCUT2D eigenvalue weighted by atomic mass is 35.5. The predicted octanol–water partition coefficient (Wildman–Crippen LogP) is 4.53. The van der Waals surface area contributed by atoms with Crippen molar-refractivity contribution in [3.63, 3.8) is 0 Å². The Morgan fingerprint density at radius 2 is 1.71 bits per heavy atom. The minimum atomic E-state index is -0.0442. The van der Waals surface area contributed by atoms with Gasteiger partial charge in [0.25, 0.3) is 0 Å². The van der Waals surface area contributed by atoms with Gasteiger partial charge in [-0.3, -0.25) is 0 Å². The Kier molecular flexibility index (Phi) is 3.38. The molecule has 0 radical (unpaired) electrons. The molecule has 0 saturated heterocycles. The molecule has 0 nitrogen and oxygen atoms in total. The second-order valence-corrected chi connectivity index (χ2v) is 5.23. The highest BCUT2D eigenvalue weighted by molar-refractivity contribution is 6.22. The molecule has 0 aromatic heterocycles. The molecular formula is C12H18Cl2. The van der Waals surface area contributed by atoms with Crippen molar-refractivity contribution in [2.75, 3.05) is 5.88 Å². The first-order chi connectivity index (χ1) is 6.37. The third-order valence-corrected chi connectivity index (χ3v) is 4.62. The summed E-state index contributed by atoms with van der Waals surface area (Å²) in [6, 6.07) is 0. The molecule has 0 fully saturated rings. The summed E-state index contributed by atoms with van der Waals surface area (Å²) in [6.07, 6.45) is 0. The molecule has 1 aliphatic rings. The van der Waals surface area contributed by atoms with E-state index in [-0.39, 0.29) is 10.8 Å². The molecule has 0 amide bonds. The molecule has 0 aromatic carbocycles. The van der Waals surface area contributed by atoms with Gasteiger partial charge in [0, 0.05) is 16.7 Å². The average molecular weight is 233 g/mol. The van der Waals surface area contributed by atoms with Crippen molar-refractivity contribution in [3.05, 3.63) is 22.3 Å². The normalized spacial score (nSPS) is 30.2. The number of hydrogen-bond acceptors (Lipinski definition) is 0. The van der Waals surface area contributed by atoms with Gasteiger partial charge < -0.3 is 0 Å². The standard InChI is InChI=1S/C12H18Cl2/c1-7-8(2)11(6-13)12(5,9(7)3)10(4)14/h10H,6H2,1-5H3/t10-,12-/m1/s1. The van der Waals surface area contributed by atoms with Gasteiger partial charge in [0.05, 0.1) is 0 Å². The third kappa shape index (κ3) is 1.44. The Hall–Kier alpha value is 0.0600. The highest BCUT2D eigenvalue weighted by Crippen LogP contribution is 2.50. The summed E-state index contributed by atoms with van der Waals surface area (Å²) in [5, 5.41) is 0.0867. The Balaban J connectivity index is 3.33. The smallest absolute Gasteiger partial charge is 0.0448 e. The Morgan fingerprint density at radius 1 is 1.21 bits per heavy atom. The fraction of sp³-hybridized carbons (Fsp3) is 0.667. The van der Waals surface area contributed by atoms with Crippen LogP contribution in [0, 0.1) is 5.41 Å². The van der Waals surface area contributed by atoms with E-state index in [4.69, 9.17) is 23.2 Å². The summed E-state index contributed by atoms with van der Waals surface area (Å²) >= 11 is 12.3. The maximum absolute atomic E-state index is 6.30. The van der Waals surface area contributed by atoms with Crippen LogP contribution in [0.4, 0.5) is 0 Å². The molecule has 0 aromatic rings. The van der Waals surface area contributed by atoms with Gasteiger partial charge >= 0.3 is 0 Å². The second-order valence-electron chi connectivity index (χ2n) is 4.31. The van der Waals surface area contributed by atoms with E-state index in [2.05, 4.69) is 27.7 Å². The van der Waals surface area contributed by atoms with Gasteiger partial charge in [-0.2, -0.15) is 0 Å². The molecule has 0 spiro atoms. The minimum absolute atomic E-state index is 0.0442. The first-order valence-electron chi connectivity index (χ1n) is 4.96. The summed E-state index contributed by atoms with van der Waals surface area (Å²) in [4.78, 5) is 0. The lowest BCUT2D eigenvalue weighted by molar-refractivity contribution is 0.477. The summed E-state index contributed by atoms with van der Waals surface area (Å²) in [7, 11) is 0. The van der Waals surface area contributed by atoms with E-state index in [1.54, 1.807) is 0 Å². The van der Waals surface area contributed by atoms with Crippen LogP contribution < -0.4 is 0 Å². The highest BCUT2D eigenvalue weighted by Gasteiger charge is 2.41. The zero-order valence-corrected chi connectivity index (χ0v) is 11.1. The lowest BCUT2D eigenvalue weighted by Crippen LogP contribution is -2.28. The minimum Gasteiger partial charge on any atom is -0.122 e. The average Bonchev–Trinajstić information content (AvgIpc) is 2.29. The zero-order chi connectivity index (χ0) is 11.1. The quantitative estimate of drug-likeness (QED) is 0.615.